The van der Waals surface area contributed by atoms with Crippen molar-refractivity contribution >= 4 is 23.7 Å². The predicted octanol–water partition coefficient (Wildman–Crippen LogP) is 1.41. The number of hydrogen-bond acceptors (Lipinski definition) is 4. The van der Waals surface area contributed by atoms with Gasteiger partial charge in [0.05, 0.1) is 6.04 Å². The number of carbonyl (C=O) groups is 3. The number of hydrogen-bond donors (Lipinski definition) is 1. The molecule has 7 nitrogen and oxygen atoms in total. The summed E-state index contributed by atoms with van der Waals surface area (Å²) in [5.74, 6) is -0.763. The van der Waals surface area contributed by atoms with Gasteiger partial charge in [-0.15, -0.1) is 0 Å². The average Bonchev–Trinajstić information content (AvgIpc) is 3.08. The van der Waals surface area contributed by atoms with Crippen molar-refractivity contribution in [1.82, 2.24) is 9.80 Å². The van der Waals surface area contributed by atoms with E-state index in [1.807, 2.05) is 0 Å². The monoisotopic (exact) mass is 307 g/mol. The van der Waals surface area contributed by atoms with Crippen LogP contribution in [0.4, 0.5) is 19.7 Å². The highest BCUT2D eigenvalue weighted by Gasteiger charge is 2.41. The van der Waals surface area contributed by atoms with E-state index in [9.17, 15) is 18.8 Å². The Hall–Kier alpha value is -2.64. The molecule has 0 aliphatic carbocycles. The number of ether oxygens (including phenoxy) is 1. The number of imide groups is 1. The summed E-state index contributed by atoms with van der Waals surface area (Å²) in [6.45, 7) is 0.444. The Morgan fingerprint density at radius 2 is 2.00 bits per heavy atom. The number of rotatable bonds is 2. The van der Waals surface area contributed by atoms with Crippen LogP contribution in [0.3, 0.4) is 0 Å². The molecule has 1 aromatic rings. The molecule has 2 aliphatic heterocycles. The fourth-order valence-electron chi connectivity index (χ4n) is 2.59. The number of halogens is 1. The SMILES string of the molecule is O=C(Nc1ccc(F)cc1)N1CCC(N2C(=O)COC2=O)C1. The molecular weight excluding hydrogens is 293 g/mol. The largest absolute Gasteiger partial charge is 0.439 e. The summed E-state index contributed by atoms with van der Waals surface area (Å²) in [6, 6.07) is 4.71. The van der Waals surface area contributed by atoms with Crippen LogP contribution in [0.25, 0.3) is 0 Å². The van der Waals surface area contributed by atoms with Gasteiger partial charge in [0.25, 0.3) is 5.91 Å². The third-order valence-corrected chi connectivity index (χ3v) is 3.70. The lowest BCUT2D eigenvalue weighted by Crippen LogP contribution is -2.42. The Morgan fingerprint density at radius 1 is 1.27 bits per heavy atom. The first-order chi connectivity index (χ1) is 10.5. The van der Waals surface area contributed by atoms with E-state index in [1.54, 1.807) is 0 Å². The molecule has 0 radical (unpaired) electrons. The lowest BCUT2D eigenvalue weighted by molar-refractivity contribution is -0.127. The Bertz CT molecular complexity index is 603. The first-order valence-electron chi connectivity index (χ1n) is 6.85. The van der Waals surface area contributed by atoms with Crippen LogP contribution in [-0.2, 0) is 9.53 Å². The second-order valence-corrected chi connectivity index (χ2v) is 5.14. The lowest BCUT2D eigenvalue weighted by atomic mass is 10.2. The summed E-state index contributed by atoms with van der Waals surface area (Å²) in [5, 5.41) is 2.65. The van der Waals surface area contributed by atoms with Crippen LogP contribution in [0.2, 0.25) is 0 Å². The van der Waals surface area contributed by atoms with Crippen LogP contribution < -0.4 is 5.32 Å². The molecule has 22 heavy (non-hydrogen) atoms. The number of anilines is 1. The zero-order valence-corrected chi connectivity index (χ0v) is 11.6. The van der Waals surface area contributed by atoms with E-state index in [0.29, 0.717) is 18.7 Å². The molecule has 2 aliphatic rings. The second kappa shape index (κ2) is 5.63. The first kappa shape index (κ1) is 14.3. The Kier molecular flexibility index (Phi) is 3.66. The molecule has 0 bridgehead atoms. The van der Waals surface area contributed by atoms with Gasteiger partial charge in [-0.2, -0.15) is 0 Å². The molecule has 8 heteroatoms. The molecule has 4 amide bonds. The molecule has 1 atom stereocenters. The van der Waals surface area contributed by atoms with Gasteiger partial charge in [-0.1, -0.05) is 0 Å². The quantitative estimate of drug-likeness (QED) is 0.896. The Balaban J connectivity index is 1.60. The molecule has 3 rings (SSSR count). The third-order valence-electron chi connectivity index (χ3n) is 3.70. The standard InChI is InChI=1S/C14H14FN3O4/c15-9-1-3-10(4-2-9)16-13(20)17-6-5-11(7-17)18-12(19)8-22-14(18)21/h1-4,11H,5-8H2,(H,16,20). The number of benzene rings is 1. The van der Waals surface area contributed by atoms with E-state index in [0.717, 1.165) is 4.90 Å². The Labute approximate surface area is 125 Å². The smallest absolute Gasteiger partial charge is 0.417 e. The maximum Gasteiger partial charge on any atom is 0.417 e. The summed E-state index contributed by atoms with van der Waals surface area (Å²) < 4.78 is 17.5. The fourth-order valence-corrected chi connectivity index (χ4v) is 2.59. The third kappa shape index (κ3) is 2.72. The molecule has 1 N–H and O–H groups in total. The number of amides is 4. The fraction of sp³-hybridized carbons (Fsp3) is 0.357. The highest BCUT2D eigenvalue weighted by molar-refractivity contribution is 5.98. The van der Waals surface area contributed by atoms with E-state index in [4.69, 9.17) is 0 Å². The van der Waals surface area contributed by atoms with Crippen molar-refractivity contribution in [3.63, 3.8) is 0 Å². The van der Waals surface area contributed by atoms with E-state index in [-0.39, 0.29) is 36.9 Å². The molecule has 0 saturated carbocycles. The number of likely N-dealkylation sites (tertiary alicyclic amines) is 1. The van der Waals surface area contributed by atoms with Gasteiger partial charge in [-0.05, 0) is 30.7 Å². The molecule has 1 unspecified atom stereocenters. The van der Waals surface area contributed by atoms with Crippen molar-refractivity contribution in [2.45, 2.75) is 12.5 Å². The van der Waals surface area contributed by atoms with Crippen molar-refractivity contribution in [1.29, 1.82) is 0 Å². The van der Waals surface area contributed by atoms with Crippen LogP contribution in [0, 0.1) is 5.82 Å². The van der Waals surface area contributed by atoms with Gasteiger partial charge in [-0.3, -0.25) is 4.79 Å². The summed E-state index contributed by atoms with van der Waals surface area (Å²) in [5.41, 5.74) is 0.478. The predicted molar refractivity (Wildman–Crippen MR) is 73.6 cm³/mol. The van der Waals surface area contributed by atoms with Crippen LogP contribution >= 0.6 is 0 Å². The van der Waals surface area contributed by atoms with Gasteiger partial charge in [0, 0.05) is 18.8 Å². The molecule has 0 aromatic heterocycles. The molecular formula is C14H14FN3O4. The molecule has 2 saturated heterocycles. The summed E-state index contributed by atoms with van der Waals surface area (Å²) >= 11 is 0. The maximum atomic E-state index is 12.8. The summed E-state index contributed by atoms with van der Waals surface area (Å²) in [6.07, 6.45) is -0.145. The zero-order valence-electron chi connectivity index (χ0n) is 11.6. The van der Waals surface area contributed by atoms with Crippen LogP contribution in [0.5, 0.6) is 0 Å². The van der Waals surface area contributed by atoms with Crippen LogP contribution in [0.1, 0.15) is 6.42 Å². The summed E-state index contributed by atoms with van der Waals surface area (Å²) in [4.78, 5) is 37.8. The van der Waals surface area contributed by atoms with E-state index in [2.05, 4.69) is 10.1 Å². The van der Waals surface area contributed by atoms with Gasteiger partial charge in [0.2, 0.25) is 0 Å². The Morgan fingerprint density at radius 3 is 2.64 bits per heavy atom. The first-order valence-corrected chi connectivity index (χ1v) is 6.85. The minimum absolute atomic E-state index is 0.239. The second-order valence-electron chi connectivity index (χ2n) is 5.14. The minimum Gasteiger partial charge on any atom is -0.439 e. The highest BCUT2D eigenvalue weighted by atomic mass is 19.1. The van der Waals surface area contributed by atoms with Gasteiger partial charge in [-0.25, -0.2) is 18.9 Å². The normalized spacial score (nSPS) is 21.2. The van der Waals surface area contributed by atoms with Crippen molar-refractivity contribution in [2.24, 2.45) is 0 Å². The van der Waals surface area contributed by atoms with Gasteiger partial charge >= 0.3 is 12.1 Å². The molecule has 2 heterocycles. The molecule has 1 aromatic carbocycles. The van der Waals surface area contributed by atoms with Gasteiger partial charge < -0.3 is 15.0 Å². The number of cyclic esters (lactones) is 1. The molecule has 116 valence electrons. The number of carbonyl (C=O) groups excluding carboxylic acids is 3. The van der Waals surface area contributed by atoms with Crippen molar-refractivity contribution in [3.8, 4) is 0 Å². The van der Waals surface area contributed by atoms with E-state index >= 15 is 0 Å². The minimum atomic E-state index is -0.657. The zero-order chi connectivity index (χ0) is 15.7. The van der Waals surface area contributed by atoms with E-state index in [1.165, 1.54) is 29.2 Å². The van der Waals surface area contributed by atoms with Gasteiger partial charge in [0.1, 0.15) is 5.82 Å². The topological polar surface area (TPSA) is 79.0 Å². The average molecular weight is 307 g/mol. The lowest BCUT2D eigenvalue weighted by Gasteiger charge is -2.20. The number of nitrogens with one attached hydrogen (secondary N) is 1. The van der Waals surface area contributed by atoms with E-state index < -0.39 is 6.09 Å². The van der Waals surface area contributed by atoms with Crippen molar-refractivity contribution in [3.05, 3.63) is 30.1 Å². The number of nitrogens with zero attached hydrogens (tertiary/aromatic N) is 2. The molecule has 2 fully saturated rings. The maximum absolute atomic E-state index is 12.8. The summed E-state index contributed by atoms with van der Waals surface area (Å²) in [7, 11) is 0. The van der Waals surface area contributed by atoms with Crippen LogP contribution in [-0.4, -0.2) is 53.6 Å². The van der Waals surface area contributed by atoms with Crippen molar-refractivity contribution in [2.75, 3.05) is 25.0 Å². The molecule has 0 spiro atoms. The number of urea groups is 1. The van der Waals surface area contributed by atoms with Crippen molar-refractivity contribution < 1.29 is 23.5 Å². The van der Waals surface area contributed by atoms with Gasteiger partial charge in [0.15, 0.2) is 6.61 Å². The highest BCUT2D eigenvalue weighted by Crippen LogP contribution is 2.21. The van der Waals surface area contributed by atoms with Crippen LogP contribution in [0.15, 0.2) is 24.3 Å².